The number of benzene rings is 1. The van der Waals surface area contributed by atoms with Crippen LogP contribution in [0.25, 0.3) is 22.0 Å². The number of nitrogens with zero attached hydrogens (tertiary/aromatic N) is 2. The van der Waals surface area contributed by atoms with Gasteiger partial charge in [0.05, 0.1) is 10.7 Å². The molecule has 0 fully saturated rings. The van der Waals surface area contributed by atoms with Gasteiger partial charge < -0.3 is 5.11 Å². The predicted octanol–water partition coefficient (Wildman–Crippen LogP) is 4.22. The molecule has 0 aliphatic rings. The van der Waals surface area contributed by atoms with Crippen molar-refractivity contribution in [3.8, 4) is 22.0 Å². The number of thiazole rings is 1. The fraction of sp³-hybridized carbons (Fsp3) is 0. The lowest BCUT2D eigenvalue weighted by molar-refractivity contribution is 0.0702. The van der Waals surface area contributed by atoms with E-state index in [0.29, 0.717) is 27.0 Å². The van der Waals surface area contributed by atoms with E-state index in [4.69, 9.17) is 11.6 Å². The van der Waals surface area contributed by atoms with Crippen molar-refractivity contribution >= 4 is 28.9 Å². The molecule has 2 heterocycles. The monoisotopic (exact) mass is 316 g/mol. The summed E-state index contributed by atoms with van der Waals surface area (Å²) >= 11 is 7.24. The van der Waals surface area contributed by atoms with Crippen molar-refractivity contribution in [1.29, 1.82) is 0 Å². The largest absolute Gasteiger partial charge is 0.477 e. The number of pyridine rings is 1. The number of rotatable bonds is 3. The number of hydrogen-bond donors (Lipinski definition) is 1. The molecule has 0 amide bonds. The van der Waals surface area contributed by atoms with E-state index >= 15 is 0 Å². The highest BCUT2D eigenvalue weighted by atomic mass is 35.5. The van der Waals surface area contributed by atoms with E-state index in [0.717, 1.165) is 11.3 Å². The maximum absolute atomic E-state index is 11.4. The molecule has 0 aliphatic carbocycles. The molecular weight excluding hydrogens is 308 g/mol. The molecule has 0 aliphatic heterocycles. The van der Waals surface area contributed by atoms with Crippen LogP contribution in [0.2, 0.25) is 5.02 Å². The molecule has 0 saturated heterocycles. The van der Waals surface area contributed by atoms with Crippen molar-refractivity contribution in [1.82, 2.24) is 9.97 Å². The number of hydrogen-bond acceptors (Lipinski definition) is 4. The van der Waals surface area contributed by atoms with Crippen LogP contribution in [0.1, 0.15) is 9.67 Å². The molecule has 3 rings (SSSR count). The van der Waals surface area contributed by atoms with Gasteiger partial charge in [0.15, 0.2) is 0 Å². The van der Waals surface area contributed by atoms with Crippen LogP contribution in [0.15, 0.2) is 48.7 Å². The first-order chi connectivity index (χ1) is 10.2. The smallest absolute Gasteiger partial charge is 0.348 e. The maximum Gasteiger partial charge on any atom is 0.348 e. The highest BCUT2D eigenvalue weighted by Gasteiger charge is 2.21. The first-order valence-electron chi connectivity index (χ1n) is 6.07. The van der Waals surface area contributed by atoms with Crippen LogP contribution >= 0.6 is 22.9 Å². The van der Waals surface area contributed by atoms with Gasteiger partial charge in [0.25, 0.3) is 0 Å². The Kier molecular flexibility index (Phi) is 3.68. The van der Waals surface area contributed by atoms with E-state index in [1.807, 2.05) is 18.2 Å². The van der Waals surface area contributed by atoms with Gasteiger partial charge in [-0.3, -0.25) is 4.98 Å². The zero-order chi connectivity index (χ0) is 14.8. The Labute approximate surface area is 129 Å². The summed E-state index contributed by atoms with van der Waals surface area (Å²) in [5, 5.41) is 10.5. The number of aromatic nitrogens is 2. The predicted molar refractivity (Wildman–Crippen MR) is 82.8 cm³/mol. The summed E-state index contributed by atoms with van der Waals surface area (Å²) in [6, 6.07) is 12.5. The molecule has 0 radical (unpaired) electrons. The third-order valence-electron chi connectivity index (χ3n) is 2.83. The van der Waals surface area contributed by atoms with Crippen LogP contribution in [0.5, 0.6) is 0 Å². The molecular formula is C15H9ClN2O2S. The molecule has 4 nitrogen and oxygen atoms in total. The lowest BCUT2D eigenvalue weighted by Gasteiger charge is -1.98. The molecule has 6 heteroatoms. The van der Waals surface area contributed by atoms with E-state index in [1.165, 1.54) is 0 Å². The second-order valence-electron chi connectivity index (χ2n) is 4.20. The van der Waals surface area contributed by atoms with Gasteiger partial charge in [-0.25, -0.2) is 9.78 Å². The number of carboxylic acid groups (broad SMARTS) is 1. The van der Waals surface area contributed by atoms with Crippen molar-refractivity contribution < 1.29 is 9.90 Å². The quantitative estimate of drug-likeness (QED) is 0.785. The van der Waals surface area contributed by atoms with Crippen molar-refractivity contribution in [2.24, 2.45) is 0 Å². The second-order valence-corrected chi connectivity index (χ2v) is 5.60. The lowest BCUT2D eigenvalue weighted by Crippen LogP contribution is -1.96. The summed E-state index contributed by atoms with van der Waals surface area (Å²) in [6.07, 6.45) is 1.61. The first kappa shape index (κ1) is 13.7. The molecule has 0 bridgehead atoms. The normalized spacial score (nSPS) is 10.5. The van der Waals surface area contributed by atoms with Gasteiger partial charge in [-0.2, -0.15) is 0 Å². The minimum Gasteiger partial charge on any atom is -0.477 e. The topological polar surface area (TPSA) is 63.1 Å². The summed E-state index contributed by atoms with van der Waals surface area (Å²) in [7, 11) is 0. The molecule has 0 unspecified atom stereocenters. The van der Waals surface area contributed by atoms with Crippen LogP contribution in [0, 0.1) is 0 Å². The van der Waals surface area contributed by atoms with E-state index in [2.05, 4.69) is 9.97 Å². The Bertz CT molecular complexity index is 802. The van der Waals surface area contributed by atoms with E-state index in [9.17, 15) is 9.90 Å². The van der Waals surface area contributed by atoms with Gasteiger partial charge in [-0.05, 0) is 18.2 Å². The van der Waals surface area contributed by atoms with E-state index in [1.54, 1.807) is 30.5 Å². The third kappa shape index (κ3) is 2.66. The van der Waals surface area contributed by atoms with Crippen LogP contribution in [0.4, 0.5) is 0 Å². The number of halogens is 1. The standard InChI is InChI=1S/C15H9ClN2O2S/c16-10-6-2-1-5-9(10)14-18-12(13(21-14)15(19)20)11-7-3-4-8-17-11/h1-8H,(H,19,20). The minimum atomic E-state index is -1.02. The summed E-state index contributed by atoms with van der Waals surface area (Å²) in [5.41, 5.74) is 1.61. The van der Waals surface area contributed by atoms with Crippen LogP contribution in [0.3, 0.4) is 0 Å². The molecule has 21 heavy (non-hydrogen) atoms. The number of carbonyl (C=O) groups is 1. The fourth-order valence-electron chi connectivity index (χ4n) is 1.89. The average Bonchev–Trinajstić information content (AvgIpc) is 2.94. The molecule has 0 atom stereocenters. The van der Waals surface area contributed by atoms with Crippen molar-refractivity contribution in [2.75, 3.05) is 0 Å². The highest BCUT2D eigenvalue weighted by molar-refractivity contribution is 7.17. The summed E-state index contributed by atoms with van der Waals surface area (Å²) in [5.74, 6) is -1.02. The number of carboxylic acids is 1. The highest BCUT2D eigenvalue weighted by Crippen LogP contribution is 2.36. The molecule has 0 saturated carbocycles. The maximum atomic E-state index is 11.4. The van der Waals surface area contributed by atoms with E-state index in [-0.39, 0.29) is 4.88 Å². The molecule has 3 aromatic rings. The second kappa shape index (κ2) is 5.63. The Morgan fingerprint density at radius 3 is 2.57 bits per heavy atom. The van der Waals surface area contributed by atoms with Gasteiger partial charge >= 0.3 is 5.97 Å². The van der Waals surface area contributed by atoms with Gasteiger partial charge in [-0.15, -0.1) is 11.3 Å². The zero-order valence-electron chi connectivity index (χ0n) is 10.7. The minimum absolute atomic E-state index is 0.156. The van der Waals surface area contributed by atoms with Crippen molar-refractivity contribution in [2.45, 2.75) is 0 Å². The lowest BCUT2D eigenvalue weighted by atomic mass is 10.2. The Hall–Kier alpha value is -2.24. The van der Waals surface area contributed by atoms with Crippen molar-refractivity contribution in [3.05, 3.63) is 58.6 Å². The zero-order valence-corrected chi connectivity index (χ0v) is 12.2. The van der Waals surface area contributed by atoms with E-state index < -0.39 is 5.97 Å². The third-order valence-corrected chi connectivity index (χ3v) is 4.24. The van der Waals surface area contributed by atoms with Crippen molar-refractivity contribution in [3.63, 3.8) is 0 Å². The number of aromatic carboxylic acids is 1. The SMILES string of the molecule is O=C(O)c1sc(-c2ccccc2Cl)nc1-c1ccccn1. The molecule has 2 aromatic heterocycles. The van der Waals surface area contributed by atoms with Crippen LogP contribution in [-0.4, -0.2) is 21.0 Å². The van der Waals surface area contributed by atoms with Gasteiger partial charge in [0.2, 0.25) is 0 Å². The summed E-state index contributed by atoms with van der Waals surface area (Å²) in [4.78, 5) is 20.2. The summed E-state index contributed by atoms with van der Waals surface area (Å²) < 4.78 is 0. The average molecular weight is 317 g/mol. The summed E-state index contributed by atoms with van der Waals surface area (Å²) in [6.45, 7) is 0. The molecule has 0 spiro atoms. The van der Waals surface area contributed by atoms with Gasteiger partial charge in [0.1, 0.15) is 15.6 Å². The van der Waals surface area contributed by atoms with Crippen LogP contribution in [-0.2, 0) is 0 Å². The van der Waals surface area contributed by atoms with Gasteiger partial charge in [0, 0.05) is 11.8 Å². The molecule has 104 valence electrons. The first-order valence-corrected chi connectivity index (χ1v) is 7.26. The van der Waals surface area contributed by atoms with Gasteiger partial charge in [-0.1, -0.05) is 35.9 Å². The molecule has 1 N–H and O–H groups in total. The fourth-order valence-corrected chi connectivity index (χ4v) is 3.13. The Morgan fingerprint density at radius 2 is 1.90 bits per heavy atom. The molecule has 1 aromatic carbocycles. The Balaban J connectivity index is 2.18. The Morgan fingerprint density at radius 1 is 1.14 bits per heavy atom. The van der Waals surface area contributed by atoms with Crippen LogP contribution < -0.4 is 0 Å².